The summed E-state index contributed by atoms with van der Waals surface area (Å²) < 4.78 is 10.2. The Balaban J connectivity index is 1.40. The van der Waals surface area contributed by atoms with Crippen LogP contribution in [0.15, 0.2) is 36.4 Å². The smallest absolute Gasteiger partial charge is 0.325 e. The molecular formula is C24H27N3O6. The Bertz CT molecular complexity index is 1130. The van der Waals surface area contributed by atoms with Crippen LogP contribution in [0.4, 0.5) is 0 Å². The molecule has 3 aliphatic rings. The average Bonchev–Trinajstić information content (AvgIpc) is 3.19. The highest BCUT2D eigenvalue weighted by molar-refractivity contribution is 6.07. The number of likely N-dealkylation sites (tertiary alicyclic amines) is 1. The van der Waals surface area contributed by atoms with Gasteiger partial charge in [0, 0.05) is 31.6 Å². The molecule has 174 valence electrons. The zero-order valence-electron chi connectivity index (χ0n) is 18.7. The molecule has 3 saturated heterocycles. The van der Waals surface area contributed by atoms with E-state index < -0.39 is 36.1 Å². The van der Waals surface area contributed by atoms with Gasteiger partial charge in [0.15, 0.2) is 0 Å². The van der Waals surface area contributed by atoms with Gasteiger partial charge in [0.05, 0.1) is 26.4 Å². The standard InChI is InChI=1S/C24H27N3O6/c1-32-20-8-7-15(17-5-3-4-6-18(17)20)10-25-13-24(14-25)23(31)26(12-21(29)33-2)22(30)19-9-16(28)11-27(19)24/h3-8,16,19,28H,9-14H2,1-2H3. The fourth-order valence-electron chi connectivity index (χ4n) is 5.53. The van der Waals surface area contributed by atoms with Crippen molar-refractivity contribution in [3.05, 3.63) is 42.0 Å². The van der Waals surface area contributed by atoms with Gasteiger partial charge in [-0.2, -0.15) is 0 Å². The third-order valence-electron chi connectivity index (χ3n) is 7.10. The van der Waals surface area contributed by atoms with Crippen LogP contribution in [-0.4, -0.2) is 95.7 Å². The minimum atomic E-state index is -0.924. The lowest BCUT2D eigenvalue weighted by molar-refractivity contribution is -0.183. The van der Waals surface area contributed by atoms with E-state index in [9.17, 15) is 19.5 Å². The molecule has 9 nitrogen and oxygen atoms in total. The van der Waals surface area contributed by atoms with Crippen LogP contribution in [0.3, 0.4) is 0 Å². The van der Waals surface area contributed by atoms with Gasteiger partial charge < -0.3 is 14.6 Å². The van der Waals surface area contributed by atoms with Gasteiger partial charge in [-0.15, -0.1) is 0 Å². The number of benzene rings is 2. The molecule has 5 rings (SSSR count). The summed E-state index contributed by atoms with van der Waals surface area (Å²) in [5.74, 6) is -0.659. The number of carbonyl (C=O) groups is 3. The number of hydrogen-bond donors (Lipinski definition) is 1. The van der Waals surface area contributed by atoms with E-state index in [0.717, 1.165) is 27.0 Å². The van der Waals surface area contributed by atoms with Crippen LogP contribution in [0.25, 0.3) is 10.8 Å². The molecule has 2 unspecified atom stereocenters. The fraction of sp³-hybridized carbons (Fsp3) is 0.458. The highest BCUT2D eigenvalue weighted by Gasteiger charge is 2.64. The van der Waals surface area contributed by atoms with Crippen molar-refractivity contribution in [3.63, 3.8) is 0 Å². The Morgan fingerprint density at radius 2 is 1.85 bits per heavy atom. The van der Waals surface area contributed by atoms with Crippen LogP contribution < -0.4 is 4.74 Å². The largest absolute Gasteiger partial charge is 0.496 e. The van der Waals surface area contributed by atoms with E-state index in [0.29, 0.717) is 19.6 Å². The molecule has 2 amide bonds. The first-order valence-electron chi connectivity index (χ1n) is 11.0. The van der Waals surface area contributed by atoms with Crippen LogP contribution in [0.2, 0.25) is 0 Å². The lowest BCUT2D eigenvalue weighted by Gasteiger charge is -2.58. The molecule has 2 atom stereocenters. The second-order valence-corrected chi connectivity index (χ2v) is 9.01. The van der Waals surface area contributed by atoms with E-state index in [-0.39, 0.29) is 18.9 Å². The molecule has 3 fully saturated rings. The quantitative estimate of drug-likeness (QED) is 0.513. The number of fused-ring (bicyclic) bond motifs is 3. The van der Waals surface area contributed by atoms with Gasteiger partial charge in [0.2, 0.25) is 5.91 Å². The molecule has 2 aromatic carbocycles. The Kier molecular flexibility index (Phi) is 5.35. The van der Waals surface area contributed by atoms with Gasteiger partial charge in [-0.3, -0.25) is 29.1 Å². The van der Waals surface area contributed by atoms with Crippen molar-refractivity contribution in [3.8, 4) is 5.75 Å². The summed E-state index contributed by atoms with van der Waals surface area (Å²) in [6.07, 6.45) is -0.421. The van der Waals surface area contributed by atoms with Gasteiger partial charge in [-0.1, -0.05) is 30.3 Å². The molecule has 0 aliphatic carbocycles. The topological polar surface area (TPSA) is 99.6 Å². The van der Waals surface area contributed by atoms with Crippen LogP contribution in [0.1, 0.15) is 12.0 Å². The van der Waals surface area contributed by atoms with Gasteiger partial charge in [-0.25, -0.2) is 0 Å². The Labute approximate surface area is 191 Å². The van der Waals surface area contributed by atoms with Crippen molar-refractivity contribution < 1.29 is 29.0 Å². The van der Waals surface area contributed by atoms with E-state index in [1.807, 2.05) is 35.2 Å². The lowest BCUT2D eigenvalue weighted by Crippen LogP contribution is -2.81. The number of aliphatic hydroxyl groups excluding tert-OH is 1. The highest BCUT2D eigenvalue weighted by atomic mass is 16.5. The van der Waals surface area contributed by atoms with E-state index >= 15 is 0 Å². The monoisotopic (exact) mass is 453 g/mol. The number of imide groups is 1. The number of nitrogens with zero attached hydrogens (tertiary/aromatic N) is 3. The molecule has 0 radical (unpaired) electrons. The van der Waals surface area contributed by atoms with Gasteiger partial charge >= 0.3 is 5.97 Å². The van der Waals surface area contributed by atoms with Gasteiger partial charge in [0.25, 0.3) is 5.91 Å². The number of carbonyl (C=O) groups excluding carboxylic acids is 3. The lowest BCUT2D eigenvalue weighted by atomic mass is 9.82. The molecule has 33 heavy (non-hydrogen) atoms. The van der Waals surface area contributed by atoms with E-state index in [1.54, 1.807) is 7.11 Å². The third kappa shape index (κ3) is 3.38. The number of β-amino-alcohol motifs (C(OH)–C–C–N with tert-alkyl or cyclic N) is 1. The minimum Gasteiger partial charge on any atom is -0.496 e. The first kappa shape index (κ1) is 21.8. The van der Waals surface area contributed by atoms with Crippen molar-refractivity contribution >= 4 is 28.6 Å². The molecule has 0 aromatic heterocycles. The maximum Gasteiger partial charge on any atom is 0.325 e. The third-order valence-corrected chi connectivity index (χ3v) is 7.10. The van der Waals surface area contributed by atoms with Crippen molar-refractivity contribution in [1.82, 2.24) is 14.7 Å². The van der Waals surface area contributed by atoms with Crippen LogP contribution in [-0.2, 0) is 25.7 Å². The number of amides is 2. The summed E-state index contributed by atoms with van der Waals surface area (Å²) in [6.45, 7) is 1.33. The fourth-order valence-corrected chi connectivity index (χ4v) is 5.53. The SMILES string of the molecule is COC(=O)CN1C(=O)C2CC(O)CN2C2(CN(Cc3ccc(OC)c4ccccc34)C2)C1=O. The number of hydrogen-bond acceptors (Lipinski definition) is 8. The molecule has 0 bridgehead atoms. The van der Waals surface area contributed by atoms with E-state index in [1.165, 1.54) is 7.11 Å². The summed E-state index contributed by atoms with van der Waals surface area (Å²) in [6, 6.07) is 11.4. The maximum atomic E-state index is 13.5. The highest BCUT2D eigenvalue weighted by Crippen LogP contribution is 2.41. The number of ether oxygens (including phenoxy) is 2. The minimum absolute atomic E-state index is 0.259. The first-order chi connectivity index (χ1) is 15.9. The molecule has 0 saturated carbocycles. The molecule has 1 spiro atoms. The molecule has 9 heteroatoms. The van der Waals surface area contributed by atoms with Crippen molar-refractivity contribution in [1.29, 1.82) is 0 Å². The predicted molar refractivity (Wildman–Crippen MR) is 118 cm³/mol. The van der Waals surface area contributed by atoms with E-state index in [4.69, 9.17) is 9.47 Å². The predicted octanol–water partition coefficient (Wildman–Crippen LogP) is 0.380. The number of esters is 1. The van der Waals surface area contributed by atoms with Crippen molar-refractivity contribution in [2.75, 3.05) is 40.4 Å². The summed E-state index contributed by atoms with van der Waals surface area (Å²) >= 11 is 0. The molecule has 3 heterocycles. The summed E-state index contributed by atoms with van der Waals surface area (Å²) in [5, 5.41) is 12.4. The maximum absolute atomic E-state index is 13.5. The molecular weight excluding hydrogens is 426 g/mol. The Hall–Kier alpha value is -3.01. The van der Waals surface area contributed by atoms with Crippen molar-refractivity contribution in [2.24, 2.45) is 0 Å². The number of piperazine rings is 1. The van der Waals surface area contributed by atoms with Crippen LogP contribution in [0.5, 0.6) is 5.75 Å². The second kappa shape index (κ2) is 8.09. The average molecular weight is 453 g/mol. The van der Waals surface area contributed by atoms with Crippen LogP contribution in [0, 0.1) is 0 Å². The van der Waals surface area contributed by atoms with Gasteiger partial charge in [0.1, 0.15) is 17.8 Å². The summed E-state index contributed by atoms with van der Waals surface area (Å²) in [7, 11) is 2.88. The Morgan fingerprint density at radius 1 is 1.12 bits per heavy atom. The van der Waals surface area contributed by atoms with Gasteiger partial charge in [-0.05, 0) is 23.4 Å². The molecule has 2 aromatic rings. The van der Waals surface area contributed by atoms with E-state index in [2.05, 4.69) is 11.0 Å². The second-order valence-electron chi connectivity index (χ2n) is 9.01. The number of methoxy groups -OCH3 is 2. The molecule has 3 aliphatic heterocycles. The number of aliphatic hydroxyl groups is 1. The zero-order chi connectivity index (χ0) is 23.3. The Morgan fingerprint density at radius 3 is 2.55 bits per heavy atom. The summed E-state index contributed by atoms with van der Waals surface area (Å²) in [5.41, 5.74) is 0.191. The molecule has 1 N–H and O–H groups in total. The first-order valence-corrected chi connectivity index (χ1v) is 11.0. The normalized spacial score (nSPS) is 24.8. The van der Waals surface area contributed by atoms with Crippen LogP contribution >= 0.6 is 0 Å². The zero-order valence-corrected chi connectivity index (χ0v) is 18.7. The van der Waals surface area contributed by atoms with Crippen molar-refractivity contribution in [2.45, 2.75) is 30.7 Å². The number of rotatable bonds is 5. The summed E-state index contributed by atoms with van der Waals surface area (Å²) in [4.78, 5) is 43.3.